The average molecular weight is 424 g/mol. The van der Waals surface area contributed by atoms with E-state index in [9.17, 15) is 27.2 Å². The molecule has 0 aliphatic carbocycles. The lowest BCUT2D eigenvalue weighted by atomic mass is 10.1. The number of piperazine rings is 1. The maximum absolute atomic E-state index is 13.9. The number of carbonyl (C=O) groups excluding carboxylic acids is 2. The molecule has 0 spiro atoms. The van der Waals surface area contributed by atoms with Crippen molar-refractivity contribution in [3.05, 3.63) is 65.5 Å². The number of benzene rings is 2. The van der Waals surface area contributed by atoms with Crippen molar-refractivity contribution in [3.63, 3.8) is 0 Å². The summed E-state index contributed by atoms with van der Waals surface area (Å²) in [5.74, 6) is -1.52. The molecule has 5 nitrogen and oxygen atoms in total. The van der Waals surface area contributed by atoms with Crippen molar-refractivity contribution in [2.45, 2.75) is 12.6 Å². The maximum atomic E-state index is 13.9. The van der Waals surface area contributed by atoms with Crippen molar-refractivity contribution in [2.75, 3.05) is 37.7 Å². The minimum Gasteiger partial charge on any atom is -0.455 e. The zero-order valence-corrected chi connectivity index (χ0v) is 16.0. The molecule has 2 aromatic rings. The van der Waals surface area contributed by atoms with Crippen molar-refractivity contribution in [1.82, 2.24) is 4.90 Å². The summed E-state index contributed by atoms with van der Waals surface area (Å²) in [7, 11) is 0. The molecule has 0 unspecified atom stereocenters. The van der Waals surface area contributed by atoms with Crippen molar-refractivity contribution in [2.24, 2.45) is 0 Å². The highest BCUT2D eigenvalue weighted by Gasteiger charge is 2.30. The molecule has 0 bridgehead atoms. The van der Waals surface area contributed by atoms with Gasteiger partial charge < -0.3 is 14.5 Å². The summed E-state index contributed by atoms with van der Waals surface area (Å²) in [5, 5.41) is 0. The monoisotopic (exact) mass is 424 g/mol. The van der Waals surface area contributed by atoms with E-state index in [-0.39, 0.29) is 17.8 Å². The molecule has 0 saturated carbocycles. The first-order chi connectivity index (χ1) is 14.2. The Kier molecular flexibility index (Phi) is 6.59. The van der Waals surface area contributed by atoms with Gasteiger partial charge in [-0.1, -0.05) is 30.3 Å². The standard InChI is InChI=1S/C21H20F4N2O3/c22-17-6-1-2-7-18(17)26-8-10-27(11-9-26)19(28)14-30-20(29)13-15-4-3-5-16(12-15)21(23,24)25/h1-7,12H,8-11,13-14H2. The van der Waals surface area contributed by atoms with Gasteiger partial charge in [0.25, 0.3) is 5.91 Å². The fourth-order valence-electron chi connectivity index (χ4n) is 3.21. The smallest absolute Gasteiger partial charge is 0.416 e. The molecular weight excluding hydrogens is 404 g/mol. The molecule has 1 aliphatic rings. The van der Waals surface area contributed by atoms with E-state index in [0.717, 1.165) is 12.1 Å². The summed E-state index contributed by atoms with van der Waals surface area (Å²) in [5.41, 5.74) is -0.227. The fraction of sp³-hybridized carbons (Fsp3) is 0.333. The van der Waals surface area contributed by atoms with Crippen LogP contribution in [0.5, 0.6) is 0 Å². The zero-order chi connectivity index (χ0) is 21.7. The molecule has 160 valence electrons. The van der Waals surface area contributed by atoms with Gasteiger partial charge in [0.1, 0.15) is 5.82 Å². The minimum atomic E-state index is -4.50. The van der Waals surface area contributed by atoms with Crippen LogP contribution in [0.25, 0.3) is 0 Å². The summed E-state index contributed by atoms with van der Waals surface area (Å²) in [6.45, 7) is 1.07. The second-order valence-corrected chi connectivity index (χ2v) is 6.85. The lowest BCUT2D eigenvalue weighted by Crippen LogP contribution is -2.50. The van der Waals surface area contributed by atoms with Crippen LogP contribution in [0.15, 0.2) is 48.5 Å². The van der Waals surface area contributed by atoms with E-state index in [2.05, 4.69) is 0 Å². The predicted molar refractivity (Wildman–Crippen MR) is 101 cm³/mol. The number of anilines is 1. The number of hydrogen-bond acceptors (Lipinski definition) is 4. The van der Waals surface area contributed by atoms with Crippen LogP contribution in [0.1, 0.15) is 11.1 Å². The molecule has 0 radical (unpaired) electrons. The Balaban J connectivity index is 1.46. The molecule has 1 heterocycles. The maximum Gasteiger partial charge on any atom is 0.416 e. The lowest BCUT2D eigenvalue weighted by molar-refractivity contribution is -0.151. The van der Waals surface area contributed by atoms with Gasteiger partial charge in [-0.2, -0.15) is 13.2 Å². The molecule has 1 fully saturated rings. The van der Waals surface area contributed by atoms with Gasteiger partial charge >= 0.3 is 12.1 Å². The molecule has 0 aromatic heterocycles. The van der Waals surface area contributed by atoms with E-state index in [4.69, 9.17) is 4.74 Å². The van der Waals surface area contributed by atoms with Gasteiger partial charge in [-0.15, -0.1) is 0 Å². The van der Waals surface area contributed by atoms with Crippen molar-refractivity contribution < 1.29 is 31.9 Å². The Labute approximate surface area is 170 Å². The van der Waals surface area contributed by atoms with Gasteiger partial charge in [0.05, 0.1) is 17.7 Å². The molecule has 1 amide bonds. The molecule has 3 rings (SSSR count). The third-order valence-electron chi connectivity index (χ3n) is 4.78. The quantitative estimate of drug-likeness (QED) is 0.546. The molecule has 1 saturated heterocycles. The Morgan fingerprint density at radius 3 is 2.33 bits per heavy atom. The Bertz CT molecular complexity index is 909. The third-order valence-corrected chi connectivity index (χ3v) is 4.78. The molecule has 0 N–H and O–H groups in total. The Morgan fingerprint density at radius 1 is 0.967 bits per heavy atom. The number of hydrogen-bond donors (Lipinski definition) is 0. The summed E-state index contributed by atoms with van der Waals surface area (Å²) in [4.78, 5) is 27.5. The zero-order valence-electron chi connectivity index (χ0n) is 16.0. The first-order valence-electron chi connectivity index (χ1n) is 9.33. The highest BCUT2D eigenvalue weighted by atomic mass is 19.4. The Hall–Kier alpha value is -3.10. The number of nitrogens with zero attached hydrogens (tertiary/aromatic N) is 2. The molecular formula is C21H20F4N2O3. The van der Waals surface area contributed by atoms with Gasteiger partial charge in [0.2, 0.25) is 0 Å². The van der Waals surface area contributed by atoms with Crippen molar-refractivity contribution in [1.29, 1.82) is 0 Å². The Morgan fingerprint density at radius 2 is 1.67 bits per heavy atom. The van der Waals surface area contributed by atoms with Crippen molar-refractivity contribution >= 4 is 17.6 Å². The average Bonchev–Trinajstić information content (AvgIpc) is 2.72. The summed E-state index contributed by atoms with van der Waals surface area (Å²) in [6, 6.07) is 10.8. The van der Waals surface area contributed by atoms with Crippen LogP contribution in [-0.4, -0.2) is 49.6 Å². The SMILES string of the molecule is O=C(Cc1cccc(C(F)(F)F)c1)OCC(=O)N1CCN(c2ccccc2F)CC1. The van der Waals surface area contributed by atoms with Crippen LogP contribution in [-0.2, 0) is 26.9 Å². The van der Waals surface area contributed by atoms with Gasteiger partial charge in [0.15, 0.2) is 6.61 Å². The number of para-hydroxylation sites is 1. The predicted octanol–water partition coefficient (Wildman–Crippen LogP) is 3.28. The second-order valence-electron chi connectivity index (χ2n) is 6.85. The normalized spacial score (nSPS) is 14.5. The first-order valence-corrected chi connectivity index (χ1v) is 9.33. The number of halogens is 4. The first kappa shape index (κ1) is 21.6. The van der Waals surface area contributed by atoms with E-state index in [1.165, 1.54) is 23.1 Å². The van der Waals surface area contributed by atoms with Gasteiger partial charge in [0, 0.05) is 26.2 Å². The van der Waals surface area contributed by atoms with Crippen LogP contribution in [0.2, 0.25) is 0 Å². The topological polar surface area (TPSA) is 49.9 Å². The highest BCUT2D eigenvalue weighted by molar-refractivity contribution is 5.81. The van der Waals surface area contributed by atoms with Crippen LogP contribution in [0.3, 0.4) is 0 Å². The third kappa shape index (κ3) is 5.49. The van der Waals surface area contributed by atoms with Gasteiger partial charge in [-0.25, -0.2) is 4.39 Å². The van der Waals surface area contributed by atoms with Gasteiger partial charge in [-0.05, 0) is 23.8 Å². The molecule has 30 heavy (non-hydrogen) atoms. The van der Waals surface area contributed by atoms with Crippen LogP contribution in [0.4, 0.5) is 23.2 Å². The number of ether oxygens (including phenoxy) is 1. The van der Waals surface area contributed by atoms with Crippen molar-refractivity contribution in [3.8, 4) is 0 Å². The molecule has 0 atom stereocenters. The number of esters is 1. The minimum absolute atomic E-state index is 0.153. The van der Waals surface area contributed by atoms with Crippen LogP contribution in [0, 0.1) is 5.82 Å². The number of rotatable bonds is 5. The highest BCUT2D eigenvalue weighted by Crippen LogP contribution is 2.29. The van der Waals surface area contributed by atoms with E-state index in [0.29, 0.717) is 31.9 Å². The summed E-state index contributed by atoms with van der Waals surface area (Å²) >= 11 is 0. The van der Waals surface area contributed by atoms with E-state index >= 15 is 0 Å². The molecule has 1 aliphatic heterocycles. The fourth-order valence-corrected chi connectivity index (χ4v) is 3.21. The van der Waals surface area contributed by atoms with Crippen LogP contribution >= 0.6 is 0 Å². The number of amides is 1. The van der Waals surface area contributed by atoms with E-state index < -0.39 is 30.2 Å². The lowest BCUT2D eigenvalue weighted by Gasteiger charge is -2.36. The van der Waals surface area contributed by atoms with E-state index in [1.54, 1.807) is 18.2 Å². The van der Waals surface area contributed by atoms with Gasteiger partial charge in [-0.3, -0.25) is 9.59 Å². The number of carbonyl (C=O) groups is 2. The van der Waals surface area contributed by atoms with Crippen LogP contribution < -0.4 is 4.90 Å². The summed E-state index contributed by atoms with van der Waals surface area (Å²) < 4.78 is 57.0. The second kappa shape index (κ2) is 9.15. The largest absolute Gasteiger partial charge is 0.455 e. The van der Waals surface area contributed by atoms with E-state index in [1.807, 2.05) is 4.90 Å². The summed E-state index contributed by atoms with van der Waals surface area (Å²) in [6.07, 6.45) is -4.86. The molecule has 9 heteroatoms. The molecule has 2 aromatic carbocycles. The number of alkyl halides is 3.